The summed E-state index contributed by atoms with van der Waals surface area (Å²) in [5.41, 5.74) is 2.75. The number of rotatable bonds is 2. The first-order valence-electron chi connectivity index (χ1n) is 5.51. The molecule has 0 radical (unpaired) electrons. The first kappa shape index (κ1) is 10.5. The van der Waals surface area contributed by atoms with Crippen LogP contribution in [0.5, 0.6) is 0 Å². The van der Waals surface area contributed by atoms with E-state index in [1.165, 1.54) is 0 Å². The van der Waals surface area contributed by atoms with Gasteiger partial charge in [0.15, 0.2) is 0 Å². The summed E-state index contributed by atoms with van der Waals surface area (Å²) >= 11 is 0. The molecule has 2 heterocycles. The maximum absolute atomic E-state index is 10.9. The number of carboxylic acids is 1. The van der Waals surface area contributed by atoms with Crippen LogP contribution in [-0.4, -0.2) is 21.0 Å². The molecule has 0 saturated carbocycles. The molecule has 18 heavy (non-hydrogen) atoms. The topological polar surface area (TPSA) is 66.0 Å². The molecule has 0 bridgehead atoms. The van der Waals surface area contributed by atoms with Crippen LogP contribution in [0.1, 0.15) is 10.5 Å². The molecular formula is C14H10N2O2. The fourth-order valence-electron chi connectivity index (χ4n) is 1.91. The molecule has 88 valence electrons. The molecule has 0 atom stereocenters. The molecule has 0 aliphatic carbocycles. The van der Waals surface area contributed by atoms with E-state index in [-0.39, 0.29) is 5.69 Å². The monoisotopic (exact) mass is 238 g/mol. The van der Waals surface area contributed by atoms with Crippen LogP contribution in [0.25, 0.3) is 22.2 Å². The Morgan fingerprint density at radius 2 is 1.94 bits per heavy atom. The molecular weight excluding hydrogens is 228 g/mol. The second-order valence-corrected chi connectivity index (χ2v) is 4.01. The highest BCUT2D eigenvalue weighted by atomic mass is 16.4. The highest BCUT2D eigenvalue weighted by Gasteiger charge is 2.08. The molecule has 2 aromatic heterocycles. The molecule has 0 saturated heterocycles. The largest absolute Gasteiger partial charge is 0.477 e. The average Bonchev–Trinajstić information content (AvgIpc) is 2.82. The lowest BCUT2D eigenvalue weighted by molar-refractivity contribution is 0.0691. The van der Waals surface area contributed by atoms with Crippen LogP contribution < -0.4 is 0 Å². The first-order valence-corrected chi connectivity index (χ1v) is 5.51. The Labute approximate surface area is 103 Å². The van der Waals surface area contributed by atoms with E-state index < -0.39 is 5.97 Å². The molecule has 1 aromatic carbocycles. The minimum absolute atomic E-state index is 0.178. The van der Waals surface area contributed by atoms with Gasteiger partial charge in [-0.15, -0.1) is 0 Å². The summed E-state index contributed by atoms with van der Waals surface area (Å²) in [5, 5.41) is 9.77. The Morgan fingerprint density at radius 1 is 1.17 bits per heavy atom. The van der Waals surface area contributed by atoms with Gasteiger partial charge in [-0.05, 0) is 12.1 Å². The molecule has 0 amide bonds. The summed E-state index contributed by atoms with van der Waals surface area (Å²) in [6.45, 7) is 0. The van der Waals surface area contributed by atoms with E-state index in [4.69, 9.17) is 5.11 Å². The third kappa shape index (κ3) is 1.73. The van der Waals surface area contributed by atoms with E-state index >= 15 is 0 Å². The number of hydrogen-bond acceptors (Lipinski definition) is 2. The maximum Gasteiger partial charge on any atom is 0.352 e. The second kappa shape index (κ2) is 4.00. The molecule has 0 aliphatic rings. The van der Waals surface area contributed by atoms with Gasteiger partial charge in [-0.3, -0.25) is 4.98 Å². The van der Waals surface area contributed by atoms with Crippen molar-refractivity contribution in [3.05, 3.63) is 54.4 Å². The number of hydrogen-bond donors (Lipinski definition) is 2. The van der Waals surface area contributed by atoms with Gasteiger partial charge in [0.1, 0.15) is 5.69 Å². The van der Waals surface area contributed by atoms with E-state index in [1.807, 2.05) is 36.4 Å². The van der Waals surface area contributed by atoms with Gasteiger partial charge in [-0.1, -0.05) is 30.3 Å². The number of aromatic amines is 1. The van der Waals surface area contributed by atoms with Gasteiger partial charge >= 0.3 is 5.97 Å². The predicted octanol–water partition coefficient (Wildman–Crippen LogP) is 2.93. The van der Waals surface area contributed by atoms with Gasteiger partial charge < -0.3 is 10.1 Å². The van der Waals surface area contributed by atoms with Gasteiger partial charge in [-0.2, -0.15) is 0 Å². The summed E-state index contributed by atoms with van der Waals surface area (Å²) in [6, 6.07) is 13.3. The number of nitrogens with zero attached hydrogens (tertiary/aromatic N) is 1. The Bertz CT molecular complexity index is 717. The van der Waals surface area contributed by atoms with Gasteiger partial charge in [0, 0.05) is 10.9 Å². The van der Waals surface area contributed by atoms with Crippen molar-refractivity contribution < 1.29 is 9.90 Å². The number of carboxylic acid groups (broad SMARTS) is 1. The van der Waals surface area contributed by atoms with Crippen LogP contribution in [0.3, 0.4) is 0 Å². The zero-order valence-electron chi connectivity index (χ0n) is 9.42. The van der Waals surface area contributed by atoms with Crippen LogP contribution >= 0.6 is 0 Å². The van der Waals surface area contributed by atoms with Crippen molar-refractivity contribution in [1.82, 2.24) is 9.97 Å². The van der Waals surface area contributed by atoms with Crippen molar-refractivity contribution in [3.63, 3.8) is 0 Å². The van der Waals surface area contributed by atoms with Gasteiger partial charge in [0.2, 0.25) is 0 Å². The summed E-state index contributed by atoms with van der Waals surface area (Å²) in [7, 11) is 0. The van der Waals surface area contributed by atoms with E-state index in [0.29, 0.717) is 0 Å². The molecule has 4 nitrogen and oxygen atoms in total. The average molecular weight is 238 g/mol. The molecule has 0 unspecified atom stereocenters. The smallest absolute Gasteiger partial charge is 0.352 e. The third-order valence-corrected chi connectivity index (χ3v) is 2.81. The minimum Gasteiger partial charge on any atom is -0.477 e. The summed E-state index contributed by atoms with van der Waals surface area (Å²) in [5.74, 6) is -0.965. The molecule has 3 rings (SSSR count). The normalized spacial score (nSPS) is 10.7. The molecule has 2 N–H and O–H groups in total. The predicted molar refractivity (Wildman–Crippen MR) is 68.5 cm³/mol. The lowest BCUT2D eigenvalue weighted by atomic mass is 10.1. The zero-order valence-corrected chi connectivity index (χ0v) is 9.42. The quantitative estimate of drug-likeness (QED) is 0.721. The van der Waals surface area contributed by atoms with Crippen molar-refractivity contribution in [1.29, 1.82) is 0 Å². The number of pyridine rings is 1. The Kier molecular flexibility index (Phi) is 2.34. The van der Waals surface area contributed by atoms with Crippen LogP contribution in [0.2, 0.25) is 0 Å². The standard InChI is InChI=1S/C14H10N2O2/c17-14(18)12-7-10-6-11(15-8-13(10)16-12)9-4-2-1-3-5-9/h1-8,16H,(H,17,18). The number of aromatic carboxylic acids is 1. The van der Waals surface area contributed by atoms with Crippen LogP contribution in [-0.2, 0) is 0 Å². The van der Waals surface area contributed by atoms with Crippen LogP contribution in [0.15, 0.2) is 48.7 Å². The Morgan fingerprint density at radius 3 is 2.67 bits per heavy atom. The number of benzene rings is 1. The lowest BCUT2D eigenvalue weighted by Crippen LogP contribution is -1.94. The van der Waals surface area contributed by atoms with E-state index in [2.05, 4.69) is 9.97 Å². The number of H-pyrrole nitrogens is 1. The fraction of sp³-hybridized carbons (Fsp3) is 0. The first-order chi connectivity index (χ1) is 8.74. The van der Waals surface area contributed by atoms with Crippen molar-refractivity contribution in [2.45, 2.75) is 0 Å². The fourth-order valence-corrected chi connectivity index (χ4v) is 1.91. The maximum atomic E-state index is 10.9. The highest BCUT2D eigenvalue weighted by Crippen LogP contribution is 2.22. The molecule has 0 aliphatic heterocycles. The molecule has 3 aromatic rings. The summed E-state index contributed by atoms with van der Waals surface area (Å²) in [6.07, 6.45) is 1.66. The SMILES string of the molecule is O=C(O)c1cc2cc(-c3ccccc3)ncc2[nH]1. The second-order valence-electron chi connectivity index (χ2n) is 4.01. The van der Waals surface area contributed by atoms with Crippen LogP contribution in [0.4, 0.5) is 0 Å². The van der Waals surface area contributed by atoms with E-state index in [1.54, 1.807) is 12.3 Å². The van der Waals surface area contributed by atoms with E-state index in [0.717, 1.165) is 22.2 Å². The minimum atomic E-state index is -0.965. The summed E-state index contributed by atoms with van der Waals surface area (Å²) < 4.78 is 0. The molecule has 0 fully saturated rings. The summed E-state index contributed by atoms with van der Waals surface area (Å²) in [4.78, 5) is 18.0. The van der Waals surface area contributed by atoms with Crippen LogP contribution in [0, 0.1) is 0 Å². The molecule has 4 heteroatoms. The van der Waals surface area contributed by atoms with Crippen molar-refractivity contribution in [2.75, 3.05) is 0 Å². The third-order valence-electron chi connectivity index (χ3n) is 2.81. The number of nitrogens with one attached hydrogen (secondary N) is 1. The van der Waals surface area contributed by atoms with Crippen molar-refractivity contribution in [3.8, 4) is 11.3 Å². The van der Waals surface area contributed by atoms with Gasteiger partial charge in [0.05, 0.1) is 17.4 Å². The van der Waals surface area contributed by atoms with Crippen molar-refractivity contribution >= 4 is 16.9 Å². The van der Waals surface area contributed by atoms with Gasteiger partial charge in [-0.25, -0.2) is 4.79 Å². The van der Waals surface area contributed by atoms with Gasteiger partial charge in [0.25, 0.3) is 0 Å². The van der Waals surface area contributed by atoms with E-state index in [9.17, 15) is 4.79 Å². The lowest BCUT2D eigenvalue weighted by Gasteiger charge is -1.99. The number of fused-ring (bicyclic) bond motifs is 1. The Balaban J connectivity index is 2.14. The molecule has 0 spiro atoms. The van der Waals surface area contributed by atoms with Crippen molar-refractivity contribution in [2.24, 2.45) is 0 Å². The highest BCUT2D eigenvalue weighted by molar-refractivity contribution is 5.94. The Hall–Kier alpha value is -2.62. The zero-order chi connectivity index (χ0) is 12.5. The number of carbonyl (C=O) groups is 1. The number of aromatic nitrogens is 2.